The molecule has 0 amide bonds. The summed E-state index contributed by atoms with van der Waals surface area (Å²) >= 11 is 0. The van der Waals surface area contributed by atoms with E-state index in [1.165, 1.54) is 0 Å². The molecular weight excluding hydrogens is 228 g/mol. The highest BCUT2D eigenvalue weighted by molar-refractivity contribution is 7.89. The molecule has 0 radical (unpaired) electrons. The molecule has 0 spiro atoms. The molecule has 2 atom stereocenters. The lowest BCUT2D eigenvalue weighted by Crippen LogP contribution is -2.46. The minimum atomic E-state index is -3.56. The molecule has 1 fully saturated rings. The summed E-state index contributed by atoms with van der Waals surface area (Å²) in [7, 11) is -3.56. The second-order valence-corrected chi connectivity index (χ2v) is 6.47. The van der Waals surface area contributed by atoms with E-state index in [1.807, 2.05) is 6.92 Å². The summed E-state index contributed by atoms with van der Waals surface area (Å²) in [5, 5.41) is 18.5. The summed E-state index contributed by atoms with van der Waals surface area (Å²) < 4.78 is 24.8. The van der Waals surface area contributed by atoms with E-state index in [-0.39, 0.29) is 6.54 Å². The van der Waals surface area contributed by atoms with Gasteiger partial charge in [0.1, 0.15) is 0 Å². The van der Waals surface area contributed by atoms with E-state index in [9.17, 15) is 13.5 Å². The maximum Gasteiger partial charge on any atom is 0.225 e. The molecular formula is C10H18N2O3S. The molecule has 0 saturated heterocycles. The predicted octanol–water partition coefficient (Wildman–Crippen LogP) is 0.371. The molecule has 92 valence electrons. The van der Waals surface area contributed by atoms with Gasteiger partial charge in [0, 0.05) is 6.54 Å². The highest BCUT2D eigenvalue weighted by atomic mass is 32.2. The normalized spacial score (nSPS) is 30.9. The lowest BCUT2D eigenvalue weighted by Gasteiger charge is -2.35. The van der Waals surface area contributed by atoms with Gasteiger partial charge in [0.25, 0.3) is 0 Å². The third-order valence-electron chi connectivity index (χ3n) is 2.94. The predicted molar refractivity (Wildman–Crippen MR) is 60.0 cm³/mol. The zero-order valence-corrected chi connectivity index (χ0v) is 10.3. The number of sulfonamides is 1. The first-order valence-corrected chi connectivity index (χ1v) is 7.09. The molecule has 5 nitrogen and oxygen atoms in total. The van der Waals surface area contributed by atoms with Crippen LogP contribution >= 0.6 is 0 Å². The fraction of sp³-hybridized carbons (Fsp3) is 0.900. The van der Waals surface area contributed by atoms with E-state index in [1.54, 1.807) is 6.07 Å². The van der Waals surface area contributed by atoms with Crippen molar-refractivity contribution in [2.45, 2.75) is 38.2 Å². The molecule has 0 bridgehead atoms. The summed E-state index contributed by atoms with van der Waals surface area (Å²) in [6.07, 6.45) is 3.22. The number of hydrogen-bond acceptors (Lipinski definition) is 4. The molecule has 0 aromatic rings. The van der Waals surface area contributed by atoms with Crippen LogP contribution in [0.1, 0.15) is 32.6 Å². The maximum absolute atomic E-state index is 11.3. The van der Waals surface area contributed by atoms with Gasteiger partial charge in [-0.2, -0.15) is 5.26 Å². The molecule has 0 aromatic carbocycles. The monoisotopic (exact) mass is 246 g/mol. The zero-order chi connectivity index (χ0) is 12.2. The van der Waals surface area contributed by atoms with E-state index < -0.39 is 21.4 Å². The van der Waals surface area contributed by atoms with Crippen molar-refractivity contribution in [2.24, 2.45) is 5.92 Å². The number of nitrogens with zero attached hydrogens (tertiary/aromatic N) is 1. The van der Waals surface area contributed by atoms with Gasteiger partial charge >= 0.3 is 0 Å². The highest BCUT2D eigenvalue weighted by Gasteiger charge is 2.33. The standard InChI is InChI=1S/C10H18N2O3S/c1-9-3-2-4-10(13,7-9)8-12-16(14,15)6-5-11/h9,12-13H,2-4,6-8H2,1H3. The van der Waals surface area contributed by atoms with Crippen molar-refractivity contribution < 1.29 is 13.5 Å². The van der Waals surface area contributed by atoms with Crippen LogP contribution in [0, 0.1) is 17.2 Å². The van der Waals surface area contributed by atoms with Crippen molar-refractivity contribution in [1.82, 2.24) is 4.72 Å². The fourth-order valence-electron chi connectivity index (χ4n) is 2.17. The Bertz CT molecular complexity index is 374. The molecule has 1 rings (SSSR count). The molecule has 1 aliphatic carbocycles. The minimum Gasteiger partial charge on any atom is -0.389 e. The minimum absolute atomic E-state index is 0.0152. The van der Waals surface area contributed by atoms with Gasteiger partial charge in [-0.1, -0.05) is 19.8 Å². The Hall–Kier alpha value is -0.640. The number of nitrogens with one attached hydrogen (secondary N) is 1. The van der Waals surface area contributed by atoms with Gasteiger partial charge in [-0.3, -0.25) is 0 Å². The summed E-state index contributed by atoms with van der Waals surface area (Å²) in [4.78, 5) is 0. The quantitative estimate of drug-likeness (QED) is 0.750. The fourth-order valence-corrected chi connectivity index (χ4v) is 2.93. The molecule has 1 saturated carbocycles. The second-order valence-electron chi connectivity index (χ2n) is 4.66. The van der Waals surface area contributed by atoms with Gasteiger partial charge in [-0.15, -0.1) is 0 Å². The molecule has 0 aromatic heterocycles. The topological polar surface area (TPSA) is 90.2 Å². The van der Waals surface area contributed by atoms with Crippen LogP contribution in [0.3, 0.4) is 0 Å². The highest BCUT2D eigenvalue weighted by Crippen LogP contribution is 2.31. The van der Waals surface area contributed by atoms with Crippen molar-refractivity contribution in [1.29, 1.82) is 5.26 Å². The number of rotatable bonds is 4. The average Bonchev–Trinajstić information content (AvgIpc) is 2.15. The molecule has 16 heavy (non-hydrogen) atoms. The first-order valence-electron chi connectivity index (χ1n) is 5.43. The average molecular weight is 246 g/mol. The van der Waals surface area contributed by atoms with Crippen LogP contribution in [0.2, 0.25) is 0 Å². The van der Waals surface area contributed by atoms with Crippen LogP contribution in [-0.2, 0) is 10.0 Å². The van der Waals surface area contributed by atoms with Crippen molar-refractivity contribution >= 4 is 10.0 Å². The zero-order valence-electron chi connectivity index (χ0n) is 9.44. The smallest absolute Gasteiger partial charge is 0.225 e. The van der Waals surface area contributed by atoms with Crippen LogP contribution in [0.4, 0.5) is 0 Å². The number of hydrogen-bond donors (Lipinski definition) is 2. The Balaban J connectivity index is 2.51. The number of aliphatic hydroxyl groups is 1. The molecule has 6 heteroatoms. The first kappa shape index (κ1) is 13.4. The lowest BCUT2D eigenvalue weighted by atomic mass is 9.79. The Morgan fingerprint density at radius 1 is 1.62 bits per heavy atom. The summed E-state index contributed by atoms with van der Waals surface area (Å²) in [5.41, 5.74) is -0.944. The van der Waals surface area contributed by atoms with Gasteiger partial charge in [0.05, 0.1) is 11.7 Å². The van der Waals surface area contributed by atoms with Gasteiger partial charge in [-0.05, 0) is 18.8 Å². The van der Waals surface area contributed by atoms with Crippen LogP contribution in [0.5, 0.6) is 0 Å². The molecule has 1 aliphatic rings. The van der Waals surface area contributed by atoms with E-state index in [4.69, 9.17) is 5.26 Å². The van der Waals surface area contributed by atoms with Crippen molar-refractivity contribution in [2.75, 3.05) is 12.3 Å². The first-order chi connectivity index (χ1) is 7.37. The lowest BCUT2D eigenvalue weighted by molar-refractivity contribution is -0.00750. The van der Waals surface area contributed by atoms with Crippen molar-refractivity contribution in [3.05, 3.63) is 0 Å². The summed E-state index contributed by atoms with van der Waals surface area (Å²) in [6.45, 7) is 2.06. The Morgan fingerprint density at radius 2 is 2.31 bits per heavy atom. The van der Waals surface area contributed by atoms with Crippen molar-refractivity contribution in [3.63, 3.8) is 0 Å². The van der Waals surface area contributed by atoms with E-state index in [2.05, 4.69) is 4.72 Å². The second kappa shape index (κ2) is 5.13. The van der Waals surface area contributed by atoms with E-state index in [0.717, 1.165) is 12.8 Å². The van der Waals surface area contributed by atoms with Gasteiger partial charge < -0.3 is 5.11 Å². The molecule has 2 N–H and O–H groups in total. The third-order valence-corrected chi connectivity index (χ3v) is 4.04. The van der Waals surface area contributed by atoms with Crippen LogP contribution in [0.15, 0.2) is 0 Å². The van der Waals surface area contributed by atoms with E-state index in [0.29, 0.717) is 18.8 Å². The van der Waals surface area contributed by atoms with Gasteiger partial charge in [-0.25, -0.2) is 13.1 Å². The van der Waals surface area contributed by atoms with Gasteiger partial charge in [0.15, 0.2) is 5.75 Å². The third kappa shape index (κ3) is 4.08. The van der Waals surface area contributed by atoms with Gasteiger partial charge in [0.2, 0.25) is 10.0 Å². The summed E-state index contributed by atoms with van der Waals surface area (Å²) in [5.74, 6) is -0.141. The largest absolute Gasteiger partial charge is 0.389 e. The molecule has 0 aliphatic heterocycles. The maximum atomic E-state index is 11.3. The van der Waals surface area contributed by atoms with Crippen LogP contribution in [-0.4, -0.2) is 31.4 Å². The SMILES string of the molecule is CC1CCCC(O)(CNS(=O)(=O)CC#N)C1. The Kier molecular flexibility index (Phi) is 4.30. The summed E-state index contributed by atoms with van der Waals surface area (Å²) in [6, 6.07) is 1.58. The van der Waals surface area contributed by atoms with E-state index >= 15 is 0 Å². The Labute approximate surface area is 96.5 Å². The molecule has 0 heterocycles. The molecule has 2 unspecified atom stereocenters. The number of nitriles is 1. The Morgan fingerprint density at radius 3 is 2.88 bits per heavy atom. The van der Waals surface area contributed by atoms with Crippen LogP contribution < -0.4 is 4.72 Å². The van der Waals surface area contributed by atoms with Crippen LogP contribution in [0.25, 0.3) is 0 Å². The van der Waals surface area contributed by atoms with Crippen molar-refractivity contribution in [3.8, 4) is 6.07 Å².